The molecule has 0 aromatic rings. The Morgan fingerprint density at radius 2 is 2.04 bits per heavy atom. The monoisotopic (exact) mass is 376 g/mol. The van der Waals surface area contributed by atoms with Crippen LogP contribution in [0.4, 0.5) is 0 Å². The summed E-state index contributed by atoms with van der Waals surface area (Å²) in [6.45, 7) is 9.25. The van der Waals surface area contributed by atoms with Crippen LogP contribution in [0.25, 0.3) is 0 Å². The van der Waals surface area contributed by atoms with E-state index in [1.165, 1.54) is 11.8 Å². The second kappa shape index (κ2) is 8.76. The highest BCUT2D eigenvalue weighted by molar-refractivity contribution is 8.18. The van der Waals surface area contributed by atoms with Gasteiger partial charge in [-0.2, -0.15) is 0 Å². The average molecular weight is 377 g/mol. The van der Waals surface area contributed by atoms with Gasteiger partial charge in [-0.15, -0.1) is 12.4 Å². The van der Waals surface area contributed by atoms with Crippen LogP contribution in [-0.2, 0) is 19.1 Å². The van der Waals surface area contributed by atoms with Crippen LogP contribution in [0.3, 0.4) is 0 Å². The number of rotatable bonds is 5. The van der Waals surface area contributed by atoms with E-state index in [0.29, 0.717) is 17.9 Å². The standard InChI is InChI=1S/C16H24N2O4S.ClH/c1-5-21-12(19)8-7-11-13(14(20)22-16(2,3)4)23-15-17-9-6-10-18(11)15;/h5-10H2,1-4H3;1H. The van der Waals surface area contributed by atoms with Crippen LogP contribution in [0.15, 0.2) is 15.6 Å². The van der Waals surface area contributed by atoms with Crippen LogP contribution < -0.4 is 0 Å². The van der Waals surface area contributed by atoms with Crippen molar-refractivity contribution in [3.8, 4) is 0 Å². The molecule has 24 heavy (non-hydrogen) atoms. The topological polar surface area (TPSA) is 68.2 Å². The van der Waals surface area contributed by atoms with Crippen LogP contribution in [0.2, 0.25) is 0 Å². The molecule has 0 saturated heterocycles. The lowest BCUT2D eigenvalue weighted by atomic mass is 10.1. The molecular weight excluding hydrogens is 352 g/mol. The van der Waals surface area contributed by atoms with Gasteiger partial charge in [0.25, 0.3) is 0 Å². The molecule has 136 valence electrons. The van der Waals surface area contributed by atoms with Crippen molar-refractivity contribution in [1.82, 2.24) is 4.90 Å². The number of aliphatic imine (C=N–C) groups is 1. The van der Waals surface area contributed by atoms with Gasteiger partial charge in [0.2, 0.25) is 0 Å². The summed E-state index contributed by atoms with van der Waals surface area (Å²) in [4.78, 5) is 31.2. The summed E-state index contributed by atoms with van der Waals surface area (Å²) >= 11 is 1.35. The molecule has 0 spiro atoms. The second-order valence-corrected chi connectivity index (χ2v) is 7.33. The lowest BCUT2D eigenvalue weighted by Crippen LogP contribution is -2.30. The van der Waals surface area contributed by atoms with Crippen molar-refractivity contribution in [3.63, 3.8) is 0 Å². The number of halogens is 1. The molecule has 0 aromatic heterocycles. The molecule has 2 aliphatic rings. The number of fused-ring (bicyclic) bond motifs is 1. The van der Waals surface area contributed by atoms with Crippen LogP contribution in [-0.4, -0.2) is 47.3 Å². The zero-order chi connectivity index (χ0) is 17.0. The Labute approximate surface area is 153 Å². The van der Waals surface area contributed by atoms with Gasteiger partial charge in [0.1, 0.15) is 10.5 Å². The van der Waals surface area contributed by atoms with Crippen molar-refractivity contribution < 1.29 is 19.1 Å². The molecule has 2 aliphatic heterocycles. The van der Waals surface area contributed by atoms with Gasteiger partial charge in [0.15, 0.2) is 5.17 Å². The maximum Gasteiger partial charge on any atom is 0.347 e. The molecule has 0 N–H and O–H groups in total. The maximum atomic E-state index is 12.5. The van der Waals surface area contributed by atoms with Crippen LogP contribution >= 0.6 is 24.2 Å². The van der Waals surface area contributed by atoms with Gasteiger partial charge in [-0.05, 0) is 52.3 Å². The summed E-state index contributed by atoms with van der Waals surface area (Å²) in [6, 6.07) is 0. The number of carbonyl (C=O) groups excluding carboxylic acids is 2. The number of hydrogen-bond acceptors (Lipinski definition) is 7. The van der Waals surface area contributed by atoms with E-state index in [9.17, 15) is 9.59 Å². The normalized spacial score (nSPS) is 17.0. The van der Waals surface area contributed by atoms with Gasteiger partial charge >= 0.3 is 11.9 Å². The second-order valence-electron chi connectivity index (χ2n) is 6.35. The molecule has 2 rings (SSSR count). The van der Waals surface area contributed by atoms with E-state index in [4.69, 9.17) is 9.47 Å². The Balaban J connectivity index is 0.00000288. The highest BCUT2D eigenvalue weighted by Crippen LogP contribution is 2.39. The Morgan fingerprint density at radius 3 is 2.67 bits per heavy atom. The molecule has 0 radical (unpaired) electrons. The highest BCUT2D eigenvalue weighted by Gasteiger charge is 2.36. The van der Waals surface area contributed by atoms with Gasteiger partial charge in [0.05, 0.1) is 13.0 Å². The molecule has 0 aliphatic carbocycles. The smallest absolute Gasteiger partial charge is 0.347 e. The quantitative estimate of drug-likeness (QED) is 0.687. The Bertz CT molecular complexity index is 555. The minimum Gasteiger partial charge on any atom is -0.466 e. The summed E-state index contributed by atoms with van der Waals surface area (Å²) < 4.78 is 10.5. The minimum absolute atomic E-state index is 0. The molecule has 6 nitrogen and oxygen atoms in total. The van der Waals surface area contributed by atoms with E-state index in [1.807, 2.05) is 25.7 Å². The first-order chi connectivity index (χ1) is 10.8. The lowest BCUT2D eigenvalue weighted by molar-refractivity contribution is -0.149. The molecule has 0 aromatic carbocycles. The Morgan fingerprint density at radius 1 is 1.33 bits per heavy atom. The predicted molar refractivity (Wildman–Crippen MR) is 97.2 cm³/mol. The van der Waals surface area contributed by atoms with Gasteiger partial charge in [0, 0.05) is 18.8 Å². The number of hydrogen-bond donors (Lipinski definition) is 0. The maximum absolute atomic E-state index is 12.5. The number of esters is 2. The fraction of sp³-hybridized carbons (Fsp3) is 0.688. The van der Waals surface area contributed by atoms with Crippen LogP contribution in [0, 0.1) is 0 Å². The third-order valence-corrected chi connectivity index (χ3v) is 4.39. The first-order valence-electron chi connectivity index (χ1n) is 7.94. The van der Waals surface area contributed by atoms with Crippen molar-refractivity contribution in [2.45, 2.75) is 52.6 Å². The van der Waals surface area contributed by atoms with Crippen molar-refractivity contribution in [1.29, 1.82) is 0 Å². The molecule has 2 heterocycles. The zero-order valence-corrected chi connectivity index (χ0v) is 16.2. The first-order valence-corrected chi connectivity index (χ1v) is 8.75. The highest BCUT2D eigenvalue weighted by atomic mass is 35.5. The molecule has 0 unspecified atom stereocenters. The van der Waals surface area contributed by atoms with E-state index >= 15 is 0 Å². The number of nitrogens with zero attached hydrogens (tertiary/aromatic N) is 2. The van der Waals surface area contributed by atoms with Crippen molar-refractivity contribution >= 4 is 41.3 Å². The van der Waals surface area contributed by atoms with Crippen LogP contribution in [0.5, 0.6) is 0 Å². The molecule has 0 bridgehead atoms. The molecule has 0 fully saturated rings. The summed E-state index contributed by atoms with van der Waals surface area (Å²) in [7, 11) is 0. The minimum atomic E-state index is -0.554. The fourth-order valence-electron chi connectivity index (χ4n) is 2.38. The molecule has 0 saturated carbocycles. The van der Waals surface area contributed by atoms with Gasteiger partial charge < -0.3 is 14.4 Å². The lowest BCUT2D eigenvalue weighted by Gasteiger charge is -2.25. The first kappa shape index (κ1) is 20.8. The summed E-state index contributed by atoms with van der Waals surface area (Å²) in [6.07, 6.45) is 1.65. The molecular formula is C16H25ClN2O4S. The molecule has 0 amide bonds. The van der Waals surface area contributed by atoms with E-state index in [-0.39, 0.29) is 30.8 Å². The average Bonchev–Trinajstić information content (AvgIpc) is 2.82. The van der Waals surface area contributed by atoms with Crippen molar-refractivity contribution in [2.24, 2.45) is 4.99 Å². The SMILES string of the molecule is CCOC(=O)CCC1=C(C(=O)OC(C)(C)C)SC2=NCCCN21.Cl. The third-order valence-electron chi connectivity index (χ3n) is 3.25. The van der Waals surface area contributed by atoms with Gasteiger partial charge in [-0.3, -0.25) is 9.79 Å². The van der Waals surface area contributed by atoms with Crippen LogP contribution in [0.1, 0.15) is 47.0 Å². The number of allylic oxidation sites excluding steroid dienone is 1. The van der Waals surface area contributed by atoms with Crippen molar-refractivity contribution in [3.05, 3.63) is 10.6 Å². The van der Waals surface area contributed by atoms with E-state index < -0.39 is 5.60 Å². The summed E-state index contributed by atoms with van der Waals surface area (Å²) in [5.41, 5.74) is 0.276. The summed E-state index contributed by atoms with van der Waals surface area (Å²) in [5, 5.41) is 0.830. The predicted octanol–water partition coefficient (Wildman–Crippen LogP) is 3.11. The number of thioether (sulfide) groups is 1. The van der Waals surface area contributed by atoms with Crippen molar-refractivity contribution in [2.75, 3.05) is 19.7 Å². The zero-order valence-electron chi connectivity index (χ0n) is 14.6. The third kappa shape index (κ3) is 5.41. The van der Waals surface area contributed by atoms with E-state index in [2.05, 4.69) is 4.99 Å². The van der Waals surface area contributed by atoms with Gasteiger partial charge in [-0.25, -0.2) is 4.79 Å². The van der Waals surface area contributed by atoms with E-state index in [0.717, 1.165) is 30.4 Å². The fourth-order valence-corrected chi connectivity index (χ4v) is 3.49. The Hall–Kier alpha value is -1.21. The number of ether oxygens (including phenoxy) is 2. The van der Waals surface area contributed by atoms with E-state index in [1.54, 1.807) is 6.92 Å². The number of amidine groups is 1. The molecule has 0 atom stereocenters. The van der Waals surface area contributed by atoms with Gasteiger partial charge in [-0.1, -0.05) is 0 Å². The Kier molecular flexibility index (Phi) is 7.60. The molecule has 8 heteroatoms. The summed E-state index contributed by atoms with van der Waals surface area (Å²) in [5.74, 6) is -0.602. The largest absolute Gasteiger partial charge is 0.466 e. The number of carbonyl (C=O) groups is 2.